The van der Waals surface area contributed by atoms with Crippen molar-refractivity contribution in [2.45, 2.75) is 40.0 Å². The van der Waals surface area contributed by atoms with E-state index in [2.05, 4.69) is 11.9 Å². The fourth-order valence-electron chi connectivity index (χ4n) is 2.95. The van der Waals surface area contributed by atoms with Gasteiger partial charge in [-0.1, -0.05) is 20.3 Å². The number of imidazole rings is 1. The highest BCUT2D eigenvalue weighted by Gasteiger charge is 2.24. The molecule has 1 N–H and O–H groups in total. The molecule has 0 aliphatic heterocycles. The van der Waals surface area contributed by atoms with Gasteiger partial charge in [0.05, 0.1) is 18.0 Å². The Labute approximate surface area is 150 Å². The minimum atomic E-state index is -0.933. The molecule has 0 amide bonds. The first-order chi connectivity index (χ1) is 12.1. The number of fused-ring (bicyclic) bond motifs is 1. The van der Waals surface area contributed by atoms with Crippen LogP contribution in [0.4, 0.5) is 0 Å². The number of aromatic carboxylic acids is 1. The SMILES string of the molecule is CCCOc1ccc(-c2c(C)sc3nc(CCC)c(C(=O)O)n23)cc1. The summed E-state index contributed by atoms with van der Waals surface area (Å²) in [4.78, 5) is 18.2. The van der Waals surface area contributed by atoms with E-state index in [9.17, 15) is 9.90 Å². The number of benzene rings is 1. The number of nitrogens with zero attached hydrogens (tertiary/aromatic N) is 2. The molecule has 6 heteroatoms. The Morgan fingerprint density at radius 1 is 1.24 bits per heavy atom. The number of carboxylic acids is 1. The lowest BCUT2D eigenvalue weighted by Gasteiger charge is -2.08. The van der Waals surface area contributed by atoms with E-state index in [-0.39, 0.29) is 5.69 Å². The second-order valence-corrected chi connectivity index (χ2v) is 7.14. The molecule has 0 atom stereocenters. The minimum Gasteiger partial charge on any atom is -0.494 e. The molecule has 0 radical (unpaired) electrons. The fraction of sp³-hybridized carbons (Fsp3) is 0.368. The average molecular weight is 358 g/mol. The van der Waals surface area contributed by atoms with E-state index in [1.54, 1.807) is 4.40 Å². The van der Waals surface area contributed by atoms with Crippen LogP contribution in [0.2, 0.25) is 0 Å². The molecule has 2 aromatic heterocycles. The predicted molar refractivity (Wildman–Crippen MR) is 100.0 cm³/mol. The Bertz CT molecular complexity index is 894. The normalized spacial score (nSPS) is 11.2. The summed E-state index contributed by atoms with van der Waals surface area (Å²) in [6.07, 6.45) is 2.49. The van der Waals surface area contributed by atoms with Crippen molar-refractivity contribution in [2.75, 3.05) is 6.61 Å². The van der Waals surface area contributed by atoms with Crippen molar-refractivity contribution in [1.82, 2.24) is 9.38 Å². The lowest BCUT2D eigenvalue weighted by molar-refractivity contribution is 0.0688. The van der Waals surface area contributed by atoms with Crippen LogP contribution in [0.3, 0.4) is 0 Å². The van der Waals surface area contributed by atoms with Crippen molar-refractivity contribution < 1.29 is 14.6 Å². The third kappa shape index (κ3) is 3.26. The molecule has 0 spiro atoms. The van der Waals surface area contributed by atoms with Gasteiger partial charge < -0.3 is 9.84 Å². The zero-order chi connectivity index (χ0) is 18.0. The molecule has 5 nitrogen and oxygen atoms in total. The molecular weight excluding hydrogens is 336 g/mol. The van der Waals surface area contributed by atoms with Crippen LogP contribution in [0, 0.1) is 6.92 Å². The lowest BCUT2D eigenvalue weighted by Crippen LogP contribution is -2.06. The number of hydrogen-bond acceptors (Lipinski definition) is 4. The van der Waals surface area contributed by atoms with Crippen LogP contribution in [-0.4, -0.2) is 27.1 Å². The van der Waals surface area contributed by atoms with Crippen LogP contribution in [0.25, 0.3) is 16.2 Å². The first-order valence-electron chi connectivity index (χ1n) is 8.54. The van der Waals surface area contributed by atoms with Gasteiger partial charge in [0.15, 0.2) is 10.7 Å². The smallest absolute Gasteiger partial charge is 0.354 e. The van der Waals surface area contributed by atoms with Gasteiger partial charge in [-0.05, 0) is 49.6 Å². The maximum absolute atomic E-state index is 11.9. The van der Waals surface area contributed by atoms with Gasteiger partial charge in [-0.15, -0.1) is 11.3 Å². The quantitative estimate of drug-likeness (QED) is 0.658. The van der Waals surface area contributed by atoms with Crippen molar-refractivity contribution in [3.05, 3.63) is 40.5 Å². The largest absolute Gasteiger partial charge is 0.494 e. The average Bonchev–Trinajstić information content (AvgIpc) is 3.07. The van der Waals surface area contributed by atoms with E-state index in [1.807, 2.05) is 38.1 Å². The molecule has 0 saturated heterocycles. The molecule has 1 aromatic carbocycles. The van der Waals surface area contributed by atoms with Gasteiger partial charge in [0.1, 0.15) is 5.75 Å². The number of carbonyl (C=O) groups is 1. The third-order valence-corrected chi connectivity index (χ3v) is 4.97. The summed E-state index contributed by atoms with van der Waals surface area (Å²) in [5, 5.41) is 9.72. The highest BCUT2D eigenvalue weighted by Crippen LogP contribution is 2.34. The van der Waals surface area contributed by atoms with Gasteiger partial charge in [-0.3, -0.25) is 4.40 Å². The van der Waals surface area contributed by atoms with E-state index in [0.29, 0.717) is 18.7 Å². The summed E-state index contributed by atoms with van der Waals surface area (Å²) < 4.78 is 7.42. The topological polar surface area (TPSA) is 63.8 Å². The molecule has 25 heavy (non-hydrogen) atoms. The minimum absolute atomic E-state index is 0.280. The molecule has 0 unspecified atom stereocenters. The maximum Gasteiger partial charge on any atom is 0.354 e. The highest BCUT2D eigenvalue weighted by molar-refractivity contribution is 7.17. The molecule has 3 aromatic rings. The van der Waals surface area contributed by atoms with Crippen LogP contribution >= 0.6 is 11.3 Å². The summed E-state index contributed by atoms with van der Waals surface area (Å²) >= 11 is 1.53. The molecule has 0 saturated carbocycles. The number of aromatic nitrogens is 2. The van der Waals surface area contributed by atoms with Gasteiger partial charge >= 0.3 is 5.97 Å². The van der Waals surface area contributed by atoms with Crippen molar-refractivity contribution in [3.63, 3.8) is 0 Å². The monoisotopic (exact) mass is 358 g/mol. The van der Waals surface area contributed by atoms with E-state index in [1.165, 1.54) is 11.3 Å². The van der Waals surface area contributed by atoms with Gasteiger partial charge in [0, 0.05) is 4.88 Å². The fourth-order valence-corrected chi connectivity index (χ4v) is 3.96. The summed E-state index contributed by atoms with van der Waals surface area (Å²) in [5.41, 5.74) is 2.80. The van der Waals surface area contributed by atoms with E-state index in [0.717, 1.165) is 39.7 Å². The second-order valence-electron chi connectivity index (χ2n) is 5.96. The van der Waals surface area contributed by atoms with Gasteiger partial charge in [0.25, 0.3) is 0 Å². The van der Waals surface area contributed by atoms with Gasteiger partial charge in [0.2, 0.25) is 0 Å². The van der Waals surface area contributed by atoms with Crippen molar-refractivity contribution in [2.24, 2.45) is 0 Å². The highest BCUT2D eigenvalue weighted by atomic mass is 32.1. The lowest BCUT2D eigenvalue weighted by atomic mass is 10.1. The summed E-state index contributed by atoms with van der Waals surface area (Å²) in [7, 11) is 0. The molecule has 0 fully saturated rings. The molecule has 3 rings (SSSR count). The second kappa shape index (κ2) is 7.27. The van der Waals surface area contributed by atoms with Crippen LogP contribution in [0.15, 0.2) is 24.3 Å². The van der Waals surface area contributed by atoms with Crippen LogP contribution in [-0.2, 0) is 6.42 Å². The van der Waals surface area contributed by atoms with E-state index >= 15 is 0 Å². The molecule has 0 bridgehead atoms. The van der Waals surface area contributed by atoms with Gasteiger partial charge in [-0.25, -0.2) is 9.78 Å². The summed E-state index contributed by atoms with van der Waals surface area (Å²) in [6, 6.07) is 7.81. The van der Waals surface area contributed by atoms with Gasteiger partial charge in [-0.2, -0.15) is 0 Å². The van der Waals surface area contributed by atoms with Crippen molar-refractivity contribution in [3.8, 4) is 17.0 Å². The number of ether oxygens (including phenoxy) is 1. The number of thiazole rings is 1. The maximum atomic E-state index is 11.9. The first-order valence-corrected chi connectivity index (χ1v) is 9.35. The summed E-state index contributed by atoms with van der Waals surface area (Å²) in [6.45, 7) is 6.79. The molecular formula is C19H22N2O3S. The Kier molecular flexibility index (Phi) is 5.08. The molecule has 0 aliphatic rings. The zero-order valence-corrected chi connectivity index (χ0v) is 15.5. The first kappa shape index (κ1) is 17.5. The molecule has 132 valence electrons. The zero-order valence-electron chi connectivity index (χ0n) is 14.7. The molecule has 0 aliphatic carbocycles. The Morgan fingerprint density at radius 3 is 2.56 bits per heavy atom. The standard InChI is InChI=1S/C19H22N2O3S/c1-4-6-15-17(18(22)23)21-16(12(3)25-19(21)20-15)13-7-9-14(10-8-13)24-11-5-2/h7-10H,4-6,11H2,1-3H3,(H,22,23). The Morgan fingerprint density at radius 2 is 1.96 bits per heavy atom. The van der Waals surface area contributed by atoms with Crippen LogP contribution in [0.5, 0.6) is 5.75 Å². The van der Waals surface area contributed by atoms with Crippen molar-refractivity contribution >= 4 is 22.3 Å². The van der Waals surface area contributed by atoms with Crippen LogP contribution in [0.1, 0.15) is 47.7 Å². The number of hydrogen-bond donors (Lipinski definition) is 1. The van der Waals surface area contributed by atoms with E-state index in [4.69, 9.17) is 4.74 Å². The predicted octanol–water partition coefficient (Wildman–Crippen LogP) is 4.81. The van der Waals surface area contributed by atoms with Crippen LogP contribution < -0.4 is 4.74 Å². The third-order valence-electron chi connectivity index (χ3n) is 4.01. The Hall–Kier alpha value is -2.34. The number of carboxylic acid groups (broad SMARTS) is 1. The molecule has 2 heterocycles. The van der Waals surface area contributed by atoms with E-state index < -0.39 is 5.97 Å². The Balaban J connectivity index is 2.12. The number of aryl methyl sites for hydroxylation is 2. The summed E-state index contributed by atoms with van der Waals surface area (Å²) in [5.74, 6) is -0.108. The van der Waals surface area contributed by atoms with Crippen molar-refractivity contribution in [1.29, 1.82) is 0 Å². The number of rotatable bonds is 7.